The number of nitrogens with one attached hydrogen (secondary N) is 2. The van der Waals surface area contributed by atoms with Crippen LogP contribution in [0.5, 0.6) is 0 Å². The quantitative estimate of drug-likeness (QED) is 0.814. The lowest BCUT2D eigenvalue weighted by atomic mass is 9.87. The van der Waals surface area contributed by atoms with Gasteiger partial charge in [-0.3, -0.25) is 0 Å². The van der Waals surface area contributed by atoms with Crippen molar-refractivity contribution in [3.63, 3.8) is 0 Å². The zero-order valence-electron chi connectivity index (χ0n) is 12.8. The van der Waals surface area contributed by atoms with Gasteiger partial charge in [-0.25, -0.2) is 13.1 Å². The third-order valence-electron chi connectivity index (χ3n) is 4.18. The Balaban J connectivity index is 1.85. The fraction of sp³-hybridized carbons (Fsp3) is 0.625. The first-order valence-corrected chi connectivity index (χ1v) is 9.33. The molecule has 2 N–H and O–H groups in total. The lowest BCUT2D eigenvalue weighted by Gasteiger charge is -2.21. The van der Waals surface area contributed by atoms with Crippen molar-refractivity contribution in [1.82, 2.24) is 10.0 Å². The minimum Gasteiger partial charge on any atom is -0.316 e. The Hall–Kier alpha value is -0.910. The zero-order valence-corrected chi connectivity index (χ0v) is 13.6. The number of rotatable bonds is 7. The van der Waals surface area contributed by atoms with Crippen LogP contribution >= 0.6 is 0 Å². The molecule has 1 aliphatic carbocycles. The van der Waals surface area contributed by atoms with Crippen molar-refractivity contribution in [2.75, 3.05) is 13.6 Å². The summed E-state index contributed by atoms with van der Waals surface area (Å²) in [6.45, 7) is 1.29. The van der Waals surface area contributed by atoms with E-state index in [2.05, 4.69) is 10.0 Å². The Bertz CT molecular complexity index is 520. The Kier molecular flexibility index (Phi) is 6.21. The van der Waals surface area contributed by atoms with Gasteiger partial charge in [-0.1, -0.05) is 44.2 Å². The normalized spacial score (nSPS) is 17.0. The highest BCUT2D eigenvalue weighted by Gasteiger charge is 2.16. The summed E-state index contributed by atoms with van der Waals surface area (Å²) in [6.07, 6.45) is 7.38. The standard InChI is InChI=1S/C16H26N2O2S/c1-17-13-15-7-9-16(10-8-15)21(19,20)18-12-11-14-5-3-2-4-6-14/h7-10,14,17-18H,2-6,11-13H2,1H3. The van der Waals surface area contributed by atoms with E-state index in [0.717, 1.165) is 18.5 Å². The Morgan fingerprint density at radius 3 is 2.38 bits per heavy atom. The molecule has 0 aliphatic heterocycles. The van der Waals surface area contributed by atoms with Crippen LogP contribution in [0, 0.1) is 5.92 Å². The molecule has 21 heavy (non-hydrogen) atoms. The van der Waals surface area contributed by atoms with Crippen molar-refractivity contribution in [1.29, 1.82) is 0 Å². The third kappa shape index (κ3) is 5.09. The summed E-state index contributed by atoms with van der Waals surface area (Å²) in [6, 6.07) is 7.06. The molecule has 1 fully saturated rings. The van der Waals surface area contributed by atoms with Crippen molar-refractivity contribution in [3.8, 4) is 0 Å². The molecule has 0 amide bonds. The van der Waals surface area contributed by atoms with Gasteiger partial charge in [0, 0.05) is 13.1 Å². The van der Waals surface area contributed by atoms with E-state index in [1.807, 2.05) is 19.2 Å². The zero-order chi connectivity index (χ0) is 15.1. The van der Waals surface area contributed by atoms with Crippen molar-refractivity contribution >= 4 is 10.0 Å². The fourth-order valence-electron chi connectivity index (χ4n) is 2.95. The molecular formula is C16H26N2O2S. The van der Waals surface area contributed by atoms with Gasteiger partial charge >= 0.3 is 0 Å². The van der Waals surface area contributed by atoms with Crippen molar-refractivity contribution in [2.45, 2.75) is 50.0 Å². The molecule has 0 bridgehead atoms. The lowest BCUT2D eigenvalue weighted by Crippen LogP contribution is -2.26. The van der Waals surface area contributed by atoms with Gasteiger partial charge in [0.1, 0.15) is 0 Å². The molecule has 0 aromatic heterocycles. The highest BCUT2D eigenvalue weighted by Crippen LogP contribution is 2.25. The van der Waals surface area contributed by atoms with E-state index in [1.54, 1.807) is 12.1 Å². The molecule has 0 spiro atoms. The Morgan fingerprint density at radius 1 is 1.10 bits per heavy atom. The highest BCUT2D eigenvalue weighted by atomic mass is 32.2. The minimum absolute atomic E-state index is 0.353. The molecule has 1 aromatic carbocycles. The molecule has 4 nitrogen and oxygen atoms in total. The number of benzene rings is 1. The smallest absolute Gasteiger partial charge is 0.240 e. The van der Waals surface area contributed by atoms with Gasteiger partial charge in [0.25, 0.3) is 0 Å². The molecule has 0 saturated heterocycles. The van der Waals surface area contributed by atoms with Crippen LogP contribution in [0.15, 0.2) is 29.2 Å². The summed E-state index contributed by atoms with van der Waals surface area (Å²) in [4.78, 5) is 0.353. The Labute approximate surface area is 128 Å². The van der Waals surface area contributed by atoms with Crippen LogP contribution < -0.4 is 10.0 Å². The molecule has 0 unspecified atom stereocenters. The van der Waals surface area contributed by atoms with Gasteiger partial charge in [0.05, 0.1) is 4.90 Å². The number of hydrogen-bond acceptors (Lipinski definition) is 3. The van der Waals surface area contributed by atoms with Crippen molar-refractivity contribution in [2.24, 2.45) is 5.92 Å². The molecule has 5 heteroatoms. The summed E-state index contributed by atoms with van der Waals surface area (Å²) >= 11 is 0. The predicted octanol–water partition coefficient (Wildman–Crippen LogP) is 2.65. The average molecular weight is 310 g/mol. The largest absolute Gasteiger partial charge is 0.316 e. The molecule has 118 valence electrons. The second-order valence-corrected chi connectivity index (χ2v) is 7.63. The third-order valence-corrected chi connectivity index (χ3v) is 5.66. The van der Waals surface area contributed by atoms with Gasteiger partial charge < -0.3 is 5.32 Å². The number of hydrogen-bond donors (Lipinski definition) is 2. The SMILES string of the molecule is CNCc1ccc(S(=O)(=O)NCCC2CCCCC2)cc1. The van der Waals surface area contributed by atoms with Gasteiger partial charge in [-0.05, 0) is 37.1 Å². The van der Waals surface area contributed by atoms with Gasteiger partial charge in [0.2, 0.25) is 10.0 Å². The van der Waals surface area contributed by atoms with Gasteiger partial charge in [-0.2, -0.15) is 0 Å². The molecule has 1 saturated carbocycles. The number of sulfonamides is 1. The van der Waals surface area contributed by atoms with E-state index < -0.39 is 10.0 Å². The average Bonchev–Trinajstić information content (AvgIpc) is 2.49. The summed E-state index contributed by atoms with van der Waals surface area (Å²) in [7, 11) is -1.49. The molecule has 0 atom stereocenters. The van der Waals surface area contributed by atoms with Gasteiger partial charge in [-0.15, -0.1) is 0 Å². The topological polar surface area (TPSA) is 58.2 Å². The highest BCUT2D eigenvalue weighted by molar-refractivity contribution is 7.89. The Morgan fingerprint density at radius 2 is 1.76 bits per heavy atom. The van der Waals surface area contributed by atoms with Crippen molar-refractivity contribution in [3.05, 3.63) is 29.8 Å². The summed E-state index contributed by atoms with van der Waals surface area (Å²) in [5, 5.41) is 3.05. The van der Waals surface area contributed by atoms with E-state index in [4.69, 9.17) is 0 Å². The maximum absolute atomic E-state index is 12.2. The van der Waals surface area contributed by atoms with Crippen LogP contribution in [0.2, 0.25) is 0 Å². The summed E-state index contributed by atoms with van der Waals surface area (Å²) in [5.41, 5.74) is 1.08. The monoisotopic (exact) mass is 310 g/mol. The van der Waals surface area contributed by atoms with E-state index in [1.165, 1.54) is 32.1 Å². The van der Waals surface area contributed by atoms with Crippen LogP contribution in [-0.2, 0) is 16.6 Å². The van der Waals surface area contributed by atoms with Crippen LogP contribution in [0.25, 0.3) is 0 Å². The lowest BCUT2D eigenvalue weighted by molar-refractivity contribution is 0.339. The summed E-state index contributed by atoms with van der Waals surface area (Å²) in [5.74, 6) is 0.694. The van der Waals surface area contributed by atoms with Crippen molar-refractivity contribution < 1.29 is 8.42 Å². The van der Waals surface area contributed by atoms with E-state index in [-0.39, 0.29) is 0 Å². The predicted molar refractivity (Wildman–Crippen MR) is 85.6 cm³/mol. The van der Waals surface area contributed by atoms with Gasteiger partial charge in [0.15, 0.2) is 0 Å². The van der Waals surface area contributed by atoms with Crippen LogP contribution in [0.4, 0.5) is 0 Å². The van der Waals surface area contributed by atoms with Crippen LogP contribution in [0.1, 0.15) is 44.1 Å². The van der Waals surface area contributed by atoms with E-state index in [9.17, 15) is 8.42 Å². The maximum Gasteiger partial charge on any atom is 0.240 e. The first kappa shape index (κ1) is 16.5. The molecule has 1 aliphatic rings. The fourth-order valence-corrected chi connectivity index (χ4v) is 3.99. The van der Waals surface area contributed by atoms with Crippen LogP contribution in [-0.4, -0.2) is 22.0 Å². The molecular weight excluding hydrogens is 284 g/mol. The molecule has 2 rings (SSSR count). The van der Waals surface area contributed by atoms with E-state index in [0.29, 0.717) is 17.4 Å². The second kappa shape index (κ2) is 7.92. The second-order valence-electron chi connectivity index (χ2n) is 5.86. The summed E-state index contributed by atoms with van der Waals surface area (Å²) < 4.78 is 27.2. The first-order chi connectivity index (χ1) is 10.1. The molecule has 0 heterocycles. The first-order valence-electron chi connectivity index (χ1n) is 7.85. The van der Waals surface area contributed by atoms with E-state index >= 15 is 0 Å². The molecule has 0 radical (unpaired) electrons. The molecule has 1 aromatic rings. The van der Waals surface area contributed by atoms with Crippen LogP contribution in [0.3, 0.4) is 0 Å². The maximum atomic E-state index is 12.2. The minimum atomic E-state index is -3.36.